The first-order valence-corrected chi connectivity index (χ1v) is 6.81. The van der Waals surface area contributed by atoms with Crippen LogP contribution in [-0.2, 0) is 6.42 Å². The van der Waals surface area contributed by atoms with E-state index in [4.69, 9.17) is 0 Å². The minimum atomic E-state index is -0.624. The van der Waals surface area contributed by atoms with Gasteiger partial charge in [-0.05, 0) is 17.9 Å². The summed E-state index contributed by atoms with van der Waals surface area (Å²) in [4.78, 5) is 39.1. The number of hydrogen-bond donors (Lipinski definition) is 2. The topological polar surface area (TPSA) is 110 Å². The minimum absolute atomic E-state index is 0.0687. The predicted octanol–water partition coefficient (Wildman–Crippen LogP) is 0.505. The number of pyridine rings is 1. The number of ketones is 1. The van der Waals surface area contributed by atoms with Gasteiger partial charge in [0.15, 0.2) is 5.78 Å². The van der Waals surface area contributed by atoms with Gasteiger partial charge in [-0.3, -0.25) is 19.8 Å². The van der Waals surface area contributed by atoms with E-state index in [2.05, 4.69) is 20.6 Å². The molecule has 3 rings (SSSR count). The van der Waals surface area contributed by atoms with Crippen molar-refractivity contribution in [1.29, 1.82) is 0 Å². The summed E-state index contributed by atoms with van der Waals surface area (Å²) in [6.07, 6.45) is 3.56. The summed E-state index contributed by atoms with van der Waals surface area (Å²) >= 11 is 0. The first-order valence-electron chi connectivity index (χ1n) is 6.81. The zero-order valence-corrected chi connectivity index (χ0v) is 12.2. The molecule has 0 saturated heterocycles. The quantitative estimate of drug-likeness (QED) is 0.839. The highest BCUT2D eigenvalue weighted by atomic mass is 16.2. The Hall–Kier alpha value is -2.77. The molecule has 8 heteroatoms. The van der Waals surface area contributed by atoms with Crippen molar-refractivity contribution in [3.05, 3.63) is 45.9 Å². The van der Waals surface area contributed by atoms with Gasteiger partial charge >= 0.3 is 0 Å². The molecule has 2 aromatic rings. The highest BCUT2D eigenvalue weighted by molar-refractivity contribution is 6.04. The number of aromatic amines is 1. The van der Waals surface area contributed by atoms with Gasteiger partial charge in [-0.2, -0.15) is 0 Å². The smallest absolute Gasteiger partial charge is 0.275 e. The molecule has 22 heavy (non-hydrogen) atoms. The number of carbonyl (C=O) groups excluding carboxylic acids is 2. The summed E-state index contributed by atoms with van der Waals surface area (Å²) in [5, 5.41) is 7.10. The molecule has 0 atom stereocenters. The van der Waals surface area contributed by atoms with Crippen LogP contribution >= 0.6 is 0 Å². The third-order valence-electron chi connectivity index (χ3n) is 3.61. The molecular weight excluding hydrogens is 286 g/mol. The van der Waals surface area contributed by atoms with Gasteiger partial charge in [0, 0.05) is 17.7 Å². The number of aromatic nitrogens is 4. The lowest BCUT2D eigenvalue weighted by Gasteiger charge is -2.29. The number of Topliss-reactive ketones (excluding diaryl/α,β-unsaturated/α-hetero) is 1. The van der Waals surface area contributed by atoms with Gasteiger partial charge < -0.3 is 4.98 Å². The van der Waals surface area contributed by atoms with E-state index in [-0.39, 0.29) is 16.8 Å². The third kappa shape index (κ3) is 2.54. The molecule has 0 unspecified atom stereocenters. The van der Waals surface area contributed by atoms with Gasteiger partial charge in [0.05, 0.1) is 0 Å². The molecule has 114 valence electrons. The second kappa shape index (κ2) is 4.90. The Morgan fingerprint density at radius 1 is 1.27 bits per heavy atom. The van der Waals surface area contributed by atoms with Crippen LogP contribution in [0.1, 0.15) is 46.7 Å². The molecule has 0 spiro atoms. The van der Waals surface area contributed by atoms with Crippen LogP contribution in [0.4, 0.5) is 0 Å². The number of amides is 1. The van der Waals surface area contributed by atoms with Gasteiger partial charge in [0.1, 0.15) is 18.2 Å². The van der Waals surface area contributed by atoms with Crippen molar-refractivity contribution >= 4 is 11.7 Å². The van der Waals surface area contributed by atoms with Crippen LogP contribution in [0.25, 0.3) is 0 Å². The Morgan fingerprint density at radius 3 is 2.64 bits per heavy atom. The highest BCUT2D eigenvalue weighted by Gasteiger charge is 2.32. The van der Waals surface area contributed by atoms with Gasteiger partial charge in [0.2, 0.25) is 0 Å². The number of carbonyl (C=O) groups is 2. The fraction of sp³-hybridized carbons (Fsp3) is 0.357. The second-order valence-corrected chi connectivity index (χ2v) is 6.16. The number of hydrogen-bond acceptors (Lipinski definition) is 5. The fourth-order valence-electron chi connectivity index (χ4n) is 2.63. The van der Waals surface area contributed by atoms with Crippen molar-refractivity contribution in [2.45, 2.75) is 26.7 Å². The van der Waals surface area contributed by atoms with Crippen LogP contribution < -0.4 is 11.0 Å². The number of fused-ring (bicyclic) bond motifs is 1. The van der Waals surface area contributed by atoms with Crippen LogP contribution in [0.5, 0.6) is 0 Å². The van der Waals surface area contributed by atoms with Crippen LogP contribution in [0.3, 0.4) is 0 Å². The minimum Gasteiger partial charge on any atom is -0.325 e. The highest BCUT2D eigenvalue weighted by Crippen LogP contribution is 2.33. The van der Waals surface area contributed by atoms with E-state index in [0.717, 1.165) is 0 Å². The molecule has 2 N–H and O–H groups in total. The van der Waals surface area contributed by atoms with E-state index in [1.807, 2.05) is 13.8 Å². The zero-order valence-electron chi connectivity index (χ0n) is 12.2. The number of nitrogens with zero attached hydrogens (tertiary/aromatic N) is 3. The molecule has 2 aromatic heterocycles. The van der Waals surface area contributed by atoms with Crippen LogP contribution in [0, 0.1) is 5.41 Å². The Bertz CT molecular complexity index is 804. The lowest BCUT2D eigenvalue weighted by Crippen LogP contribution is -2.34. The van der Waals surface area contributed by atoms with Crippen molar-refractivity contribution in [1.82, 2.24) is 19.9 Å². The normalized spacial score (nSPS) is 16.2. The van der Waals surface area contributed by atoms with Crippen LogP contribution in [0.2, 0.25) is 0 Å². The molecule has 1 amide bonds. The molecule has 0 saturated carbocycles. The average Bonchev–Trinajstić information content (AvgIpc) is 2.89. The summed E-state index contributed by atoms with van der Waals surface area (Å²) in [6, 6.07) is 1.37. The van der Waals surface area contributed by atoms with Crippen molar-refractivity contribution in [3.63, 3.8) is 0 Å². The molecule has 8 nitrogen and oxygen atoms in total. The van der Waals surface area contributed by atoms with E-state index in [1.54, 1.807) is 0 Å². The van der Waals surface area contributed by atoms with Crippen molar-refractivity contribution in [2.75, 3.05) is 5.43 Å². The molecule has 0 fully saturated rings. The molecular formula is C14H15N5O3. The largest absolute Gasteiger partial charge is 0.325 e. The first-order chi connectivity index (χ1) is 10.4. The Labute approximate surface area is 125 Å². The molecule has 2 heterocycles. The second-order valence-electron chi connectivity index (χ2n) is 6.16. The van der Waals surface area contributed by atoms with Gasteiger partial charge in [0.25, 0.3) is 11.5 Å². The summed E-state index contributed by atoms with van der Waals surface area (Å²) in [5.74, 6) is -0.692. The first kappa shape index (κ1) is 14.2. The summed E-state index contributed by atoms with van der Waals surface area (Å²) in [6.45, 7) is 3.94. The summed E-state index contributed by atoms with van der Waals surface area (Å²) in [7, 11) is 0. The van der Waals surface area contributed by atoms with E-state index in [1.165, 1.54) is 23.4 Å². The van der Waals surface area contributed by atoms with Gasteiger partial charge in [-0.1, -0.05) is 13.8 Å². The lowest BCUT2D eigenvalue weighted by molar-refractivity contribution is 0.0910. The third-order valence-corrected chi connectivity index (χ3v) is 3.61. The number of nitrogens with one attached hydrogen (secondary N) is 2. The van der Waals surface area contributed by atoms with Crippen molar-refractivity contribution < 1.29 is 9.59 Å². The number of rotatable bonds is 2. The van der Waals surface area contributed by atoms with E-state index >= 15 is 0 Å². The SMILES string of the molecule is CC1(C)CC(=O)c2cc(C(=O)Nn3cnnc3)c(=O)[nH]c2C1. The van der Waals surface area contributed by atoms with Gasteiger partial charge in [-0.15, -0.1) is 10.2 Å². The molecule has 0 aliphatic heterocycles. The maximum absolute atomic E-state index is 12.2. The van der Waals surface area contributed by atoms with Gasteiger partial charge in [-0.25, -0.2) is 4.68 Å². The zero-order chi connectivity index (χ0) is 15.9. The molecule has 1 aliphatic rings. The van der Waals surface area contributed by atoms with Crippen molar-refractivity contribution in [2.24, 2.45) is 5.41 Å². The maximum Gasteiger partial charge on any atom is 0.275 e. The molecule has 1 aliphatic carbocycles. The monoisotopic (exact) mass is 301 g/mol. The average molecular weight is 301 g/mol. The van der Waals surface area contributed by atoms with Crippen LogP contribution in [-0.4, -0.2) is 31.5 Å². The summed E-state index contributed by atoms with van der Waals surface area (Å²) in [5.41, 5.74) is 2.61. The predicted molar refractivity (Wildman–Crippen MR) is 77.2 cm³/mol. The standard InChI is InChI=1S/C14H15N5O3/c1-14(2)4-10-8(11(20)5-14)3-9(12(21)17-10)13(22)18-19-6-15-16-7-19/h3,6-7H,4-5H2,1-2H3,(H,17,21)(H,18,22). The van der Waals surface area contributed by atoms with E-state index in [9.17, 15) is 14.4 Å². The van der Waals surface area contributed by atoms with E-state index < -0.39 is 11.5 Å². The molecule has 0 radical (unpaired) electrons. The van der Waals surface area contributed by atoms with Crippen molar-refractivity contribution in [3.8, 4) is 0 Å². The van der Waals surface area contributed by atoms with Crippen LogP contribution in [0.15, 0.2) is 23.5 Å². The summed E-state index contributed by atoms with van der Waals surface area (Å²) < 4.78 is 1.23. The molecule has 0 bridgehead atoms. The maximum atomic E-state index is 12.2. The fourth-order valence-corrected chi connectivity index (χ4v) is 2.63. The Kier molecular flexibility index (Phi) is 3.16. The Morgan fingerprint density at radius 2 is 1.95 bits per heavy atom. The lowest BCUT2D eigenvalue weighted by atomic mass is 9.75. The number of H-pyrrole nitrogens is 1. The molecule has 0 aromatic carbocycles. The van der Waals surface area contributed by atoms with E-state index in [0.29, 0.717) is 24.1 Å². The Balaban J connectivity index is 1.98.